The Morgan fingerprint density at radius 2 is 1.97 bits per heavy atom. The first-order chi connectivity index (χ1) is 14.5. The average molecular weight is 429 g/mol. The van der Waals surface area contributed by atoms with Crippen LogP contribution in [-0.2, 0) is 11.3 Å². The van der Waals surface area contributed by atoms with Gasteiger partial charge in [0.2, 0.25) is 17.5 Å². The summed E-state index contributed by atoms with van der Waals surface area (Å²) >= 11 is 6.11. The maximum atomic E-state index is 12.7. The highest BCUT2D eigenvalue weighted by atomic mass is 35.5. The molecular formula is C18H17ClN8O3. The summed E-state index contributed by atoms with van der Waals surface area (Å²) in [5.74, 6) is 0.583. The lowest BCUT2D eigenvalue weighted by atomic mass is 10.3. The Morgan fingerprint density at radius 1 is 1.23 bits per heavy atom. The molecule has 1 aliphatic heterocycles. The number of benzene rings is 1. The van der Waals surface area contributed by atoms with E-state index in [-0.39, 0.29) is 18.1 Å². The summed E-state index contributed by atoms with van der Waals surface area (Å²) in [6.45, 7) is 3.24. The number of hydrogen-bond acceptors (Lipinski definition) is 8. The van der Waals surface area contributed by atoms with E-state index in [0.717, 1.165) is 9.36 Å². The number of rotatable bonds is 4. The highest BCUT2D eigenvalue weighted by molar-refractivity contribution is 6.32. The monoisotopic (exact) mass is 428 g/mol. The maximum absolute atomic E-state index is 12.7. The number of oxazole rings is 1. The number of piperazine rings is 1. The molecular weight excluding hydrogens is 412 g/mol. The minimum Gasteiger partial charge on any atom is -0.424 e. The van der Waals surface area contributed by atoms with Gasteiger partial charge in [-0.05, 0) is 22.6 Å². The van der Waals surface area contributed by atoms with E-state index in [4.69, 9.17) is 16.0 Å². The van der Waals surface area contributed by atoms with Gasteiger partial charge in [-0.15, -0.1) is 0 Å². The number of nitrogens with zero attached hydrogens (tertiary/aromatic N) is 8. The van der Waals surface area contributed by atoms with E-state index < -0.39 is 5.69 Å². The second-order valence-corrected chi connectivity index (χ2v) is 7.06. The molecule has 0 radical (unpaired) electrons. The van der Waals surface area contributed by atoms with Gasteiger partial charge >= 0.3 is 5.69 Å². The number of halogens is 1. The molecule has 3 aromatic rings. The van der Waals surface area contributed by atoms with Gasteiger partial charge in [-0.2, -0.15) is 14.6 Å². The van der Waals surface area contributed by atoms with E-state index in [9.17, 15) is 14.9 Å². The third-order valence-electron chi connectivity index (χ3n) is 4.75. The standard InChI is InChI=1S/C18H17ClN8O3/c1-12-21-14(10-20)17(30-12)25-8-6-24(7-9-25)16(28)11-26-18(29)27(23-22-26)15-5-3-2-4-13(15)19/h2-5H,6-9,11H2,1H3. The van der Waals surface area contributed by atoms with Crippen LogP contribution < -0.4 is 10.6 Å². The molecule has 1 amide bonds. The van der Waals surface area contributed by atoms with Gasteiger partial charge in [-0.25, -0.2) is 9.78 Å². The summed E-state index contributed by atoms with van der Waals surface area (Å²) < 4.78 is 7.58. The van der Waals surface area contributed by atoms with Crippen molar-refractivity contribution in [1.29, 1.82) is 5.26 Å². The summed E-state index contributed by atoms with van der Waals surface area (Å²) in [4.78, 5) is 32.8. The molecule has 1 aliphatic rings. The molecule has 30 heavy (non-hydrogen) atoms. The number of tetrazole rings is 1. The summed E-state index contributed by atoms with van der Waals surface area (Å²) in [6.07, 6.45) is 0. The molecule has 3 heterocycles. The molecule has 12 heteroatoms. The second-order valence-electron chi connectivity index (χ2n) is 6.65. The number of aromatic nitrogens is 5. The number of para-hydroxylation sites is 1. The SMILES string of the molecule is Cc1nc(C#N)c(N2CCN(C(=O)Cn3nnn(-c4ccccc4Cl)c3=O)CC2)o1. The van der Waals surface area contributed by atoms with Crippen LogP contribution >= 0.6 is 11.6 Å². The number of carbonyl (C=O) groups is 1. The molecule has 0 aliphatic carbocycles. The zero-order valence-corrected chi connectivity index (χ0v) is 16.8. The number of amides is 1. The van der Waals surface area contributed by atoms with Crippen LogP contribution in [0.15, 0.2) is 33.5 Å². The lowest BCUT2D eigenvalue weighted by Gasteiger charge is -2.34. The summed E-state index contributed by atoms with van der Waals surface area (Å²) in [5, 5.41) is 17.1. The molecule has 0 saturated carbocycles. The molecule has 0 atom stereocenters. The van der Waals surface area contributed by atoms with Gasteiger partial charge in [0, 0.05) is 33.1 Å². The largest absolute Gasteiger partial charge is 0.424 e. The fourth-order valence-corrected chi connectivity index (χ4v) is 3.45. The van der Waals surface area contributed by atoms with E-state index in [0.29, 0.717) is 48.7 Å². The zero-order chi connectivity index (χ0) is 21.3. The van der Waals surface area contributed by atoms with Crippen molar-refractivity contribution >= 4 is 23.4 Å². The van der Waals surface area contributed by atoms with Gasteiger partial charge in [0.1, 0.15) is 12.6 Å². The minimum absolute atomic E-state index is 0.228. The lowest BCUT2D eigenvalue weighted by Crippen LogP contribution is -2.50. The Kier molecular flexibility index (Phi) is 5.24. The normalized spacial score (nSPS) is 14.0. The zero-order valence-electron chi connectivity index (χ0n) is 16.0. The van der Waals surface area contributed by atoms with E-state index in [1.807, 2.05) is 11.0 Å². The predicted molar refractivity (Wildman–Crippen MR) is 105 cm³/mol. The third-order valence-corrected chi connectivity index (χ3v) is 5.07. The summed E-state index contributed by atoms with van der Waals surface area (Å²) in [5.41, 5.74) is 0.0769. The second kappa shape index (κ2) is 8.00. The topological polar surface area (TPSA) is 126 Å². The first-order valence-corrected chi connectivity index (χ1v) is 9.53. The lowest BCUT2D eigenvalue weighted by molar-refractivity contribution is -0.132. The van der Waals surface area contributed by atoms with E-state index in [1.165, 1.54) is 0 Å². The first-order valence-electron chi connectivity index (χ1n) is 9.16. The Balaban J connectivity index is 1.42. The molecule has 1 aromatic carbocycles. The van der Waals surface area contributed by atoms with Crippen LogP contribution in [0.5, 0.6) is 0 Å². The van der Waals surface area contributed by atoms with E-state index >= 15 is 0 Å². The highest BCUT2D eigenvalue weighted by Crippen LogP contribution is 2.22. The first kappa shape index (κ1) is 19.7. The Hall–Kier alpha value is -3.65. The van der Waals surface area contributed by atoms with E-state index in [2.05, 4.69) is 15.4 Å². The van der Waals surface area contributed by atoms with Crippen molar-refractivity contribution in [3.8, 4) is 11.8 Å². The Bertz CT molecular complexity index is 1180. The van der Waals surface area contributed by atoms with Crippen molar-refractivity contribution in [2.75, 3.05) is 31.1 Å². The molecule has 0 spiro atoms. The van der Waals surface area contributed by atoms with Gasteiger partial charge in [-0.1, -0.05) is 23.7 Å². The van der Waals surface area contributed by atoms with Gasteiger partial charge < -0.3 is 14.2 Å². The molecule has 2 aromatic heterocycles. The van der Waals surface area contributed by atoms with Crippen molar-refractivity contribution < 1.29 is 9.21 Å². The number of nitriles is 1. The Labute approximate surface area is 175 Å². The molecule has 11 nitrogen and oxygen atoms in total. The summed E-state index contributed by atoms with van der Waals surface area (Å²) in [7, 11) is 0. The van der Waals surface area contributed by atoms with Crippen LogP contribution in [0.3, 0.4) is 0 Å². The number of aryl methyl sites for hydroxylation is 1. The maximum Gasteiger partial charge on any atom is 0.369 e. The van der Waals surface area contributed by atoms with Crippen LogP contribution in [0, 0.1) is 18.3 Å². The van der Waals surface area contributed by atoms with Crippen LogP contribution in [0.1, 0.15) is 11.6 Å². The van der Waals surface area contributed by atoms with Crippen LogP contribution in [-0.4, -0.2) is 61.8 Å². The molecule has 4 rings (SSSR count). The average Bonchev–Trinajstić information content (AvgIpc) is 3.31. The van der Waals surface area contributed by atoms with Crippen LogP contribution in [0.4, 0.5) is 5.88 Å². The van der Waals surface area contributed by atoms with Crippen molar-refractivity contribution in [2.45, 2.75) is 13.5 Å². The van der Waals surface area contributed by atoms with Gasteiger partial charge in [0.05, 0.1) is 10.7 Å². The fraction of sp³-hybridized carbons (Fsp3) is 0.333. The number of carbonyl (C=O) groups excluding carboxylic acids is 1. The number of anilines is 1. The molecule has 0 N–H and O–H groups in total. The summed E-state index contributed by atoms with van der Waals surface area (Å²) in [6, 6.07) is 8.76. The smallest absolute Gasteiger partial charge is 0.369 e. The van der Waals surface area contributed by atoms with Crippen molar-refractivity contribution in [1.82, 2.24) is 29.7 Å². The van der Waals surface area contributed by atoms with Crippen molar-refractivity contribution in [3.63, 3.8) is 0 Å². The molecule has 154 valence electrons. The Morgan fingerprint density at radius 3 is 2.67 bits per heavy atom. The fourth-order valence-electron chi connectivity index (χ4n) is 3.24. The predicted octanol–water partition coefficient (Wildman–Crippen LogP) is 0.599. The van der Waals surface area contributed by atoms with Crippen molar-refractivity contribution in [3.05, 3.63) is 51.4 Å². The van der Waals surface area contributed by atoms with Crippen LogP contribution in [0.25, 0.3) is 5.69 Å². The molecule has 1 fully saturated rings. The highest BCUT2D eigenvalue weighted by Gasteiger charge is 2.26. The van der Waals surface area contributed by atoms with Gasteiger partial charge in [0.25, 0.3) is 0 Å². The number of hydrogen-bond donors (Lipinski definition) is 0. The minimum atomic E-state index is -0.550. The molecule has 0 unspecified atom stereocenters. The van der Waals surface area contributed by atoms with Crippen molar-refractivity contribution in [2.24, 2.45) is 0 Å². The molecule has 0 bridgehead atoms. The van der Waals surface area contributed by atoms with E-state index in [1.54, 1.807) is 36.1 Å². The van der Waals surface area contributed by atoms with Gasteiger partial charge in [0.15, 0.2) is 5.89 Å². The third kappa shape index (κ3) is 3.65. The van der Waals surface area contributed by atoms with Gasteiger partial charge in [-0.3, -0.25) is 4.79 Å². The van der Waals surface area contributed by atoms with Crippen LogP contribution in [0.2, 0.25) is 5.02 Å². The molecule has 1 saturated heterocycles. The quantitative estimate of drug-likeness (QED) is 0.591.